The molecule has 2 rings (SSSR count). The first-order valence-corrected chi connectivity index (χ1v) is 10.6. The van der Waals surface area contributed by atoms with Crippen LogP contribution in [0, 0.1) is 0 Å². The Labute approximate surface area is 173 Å². The molecule has 3 nitrogen and oxygen atoms in total. The minimum absolute atomic E-state index is 0.123. The van der Waals surface area contributed by atoms with Gasteiger partial charge in [0.25, 0.3) is 0 Å². The summed E-state index contributed by atoms with van der Waals surface area (Å²) in [5, 5.41) is 0. The summed E-state index contributed by atoms with van der Waals surface area (Å²) in [6, 6.07) is 17.5. The van der Waals surface area contributed by atoms with Gasteiger partial charge < -0.3 is 4.74 Å². The summed E-state index contributed by atoms with van der Waals surface area (Å²) < 4.78 is 5.10. The molecular formula is C24H30O3S. The van der Waals surface area contributed by atoms with Crippen molar-refractivity contribution in [3.63, 3.8) is 0 Å². The Morgan fingerprint density at radius 2 is 1.54 bits per heavy atom. The number of carbonyl (C=O) groups is 2. The molecule has 0 aliphatic carbocycles. The Morgan fingerprint density at radius 1 is 0.929 bits per heavy atom. The van der Waals surface area contributed by atoms with Crippen LogP contribution in [0.15, 0.2) is 76.5 Å². The zero-order valence-corrected chi connectivity index (χ0v) is 17.9. The monoisotopic (exact) mass is 398 g/mol. The number of ether oxygens (including phenoxy) is 1. The third-order valence-electron chi connectivity index (χ3n) is 3.81. The number of esters is 1. The van der Waals surface area contributed by atoms with Crippen LogP contribution in [0.2, 0.25) is 0 Å². The summed E-state index contributed by atoms with van der Waals surface area (Å²) in [6.07, 6.45) is 2.36. The first kappa shape index (κ1) is 23.7. The van der Waals surface area contributed by atoms with Crippen LogP contribution in [0.4, 0.5) is 0 Å². The fourth-order valence-electron chi connectivity index (χ4n) is 2.27. The van der Waals surface area contributed by atoms with E-state index in [2.05, 4.69) is 6.58 Å². The Balaban J connectivity index is 0.00000190. The molecule has 0 unspecified atom stereocenters. The van der Waals surface area contributed by atoms with Gasteiger partial charge in [0.2, 0.25) is 0 Å². The topological polar surface area (TPSA) is 43.4 Å². The van der Waals surface area contributed by atoms with E-state index in [1.165, 1.54) is 0 Å². The van der Waals surface area contributed by atoms with Crippen molar-refractivity contribution in [2.75, 3.05) is 6.61 Å². The first-order chi connectivity index (χ1) is 13.6. The summed E-state index contributed by atoms with van der Waals surface area (Å²) in [6.45, 7) is 10.3. The molecule has 4 heteroatoms. The highest BCUT2D eigenvalue weighted by atomic mass is 32.2. The lowest BCUT2D eigenvalue weighted by Gasteiger charge is -2.07. The van der Waals surface area contributed by atoms with Crippen LogP contribution in [0.1, 0.15) is 56.8 Å². The molecule has 0 radical (unpaired) electrons. The van der Waals surface area contributed by atoms with Gasteiger partial charge in [-0.1, -0.05) is 63.7 Å². The summed E-state index contributed by atoms with van der Waals surface area (Å²) >= 11 is 1.65. The van der Waals surface area contributed by atoms with Crippen molar-refractivity contribution >= 4 is 23.5 Å². The van der Waals surface area contributed by atoms with Gasteiger partial charge in [-0.25, -0.2) is 0 Å². The molecule has 0 heterocycles. The lowest BCUT2D eigenvalue weighted by molar-refractivity contribution is -0.143. The number of ketones is 1. The van der Waals surface area contributed by atoms with Gasteiger partial charge in [-0.2, -0.15) is 0 Å². The fourth-order valence-corrected chi connectivity index (χ4v) is 3.11. The molecule has 0 aromatic heterocycles. The number of hydrogen-bond acceptors (Lipinski definition) is 4. The Bertz CT molecular complexity index is 736. The van der Waals surface area contributed by atoms with E-state index in [-0.39, 0.29) is 18.2 Å². The maximum atomic E-state index is 12.4. The van der Waals surface area contributed by atoms with Crippen LogP contribution in [0.5, 0.6) is 0 Å². The Kier molecular flexibility index (Phi) is 11.7. The second-order valence-electron chi connectivity index (χ2n) is 5.95. The van der Waals surface area contributed by atoms with E-state index in [1.54, 1.807) is 23.9 Å². The molecule has 0 atom stereocenters. The number of allylic oxidation sites excluding steroid dienone is 1. The van der Waals surface area contributed by atoms with Crippen molar-refractivity contribution in [1.82, 2.24) is 0 Å². The van der Waals surface area contributed by atoms with Gasteiger partial charge in [-0.05, 0) is 54.8 Å². The Hall–Kier alpha value is -2.33. The van der Waals surface area contributed by atoms with Gasteiger partial charge >= 0.3 is 5.97 Å². The number of unbranched alkanes of at least 4 members (excludes halogenated alkanes) is 1. The number of benzene rings is 2. The van der Waals surface area contributed by atoms with Crippen LogP contribution in [-0.2, 0) is 9.53 Å². The maximum Gasteiger partial charge on any atom is 0.306 e. The first-order valence-electron chi connectivity index (χ1n) is 9.81. The predicted molar refractivity (Wildman–Crippen MR) is 117 cm³/mol. The molecular weight excluding hydrogens is 368 g/mol. The van der Waals surface area contributed by atoms with Crippen LogP contribution in [0.3, 0.4) is 0 Å². The molecule has 0 amide bonds. The number of hydrogen-bond donors (Lipinski definition) is 0. The van der Waals surface area contributed by atoms with E-state index in [0.29, 0.717) is 24.2 Å². The van der Waals surface area contributed by atoms with E-state index < -0.39 is 0 Å². The van der Waals surface area contributed by atoms with Gasteiger partial charge in [-0.15, -0.1) is 0 Å². The van der Waals surface area contributed by atoms with Crippen molar-refractivity contribution < 1.29 is 14.3 Å². The maximum absolute atomic E-state index is 12.4. The van der Waals surface area contributed by atoms with Gasteiger partial charge in [0.1, 0.15) is 0 Å². The van der Waals surface area contributed by atoms with Crippen LogP contribution in [0.25, 0.3) is 0 Å². The molecule has 0 spiro atoms. The molecule has 0 N–H and O–H groups in total. The standard InChI is InChI=1S/C22H24O3S.C2H6/c1-3-4-16-25-21(23)15-10-17(2)22(24)18-11-13-20(14-12-18)26-19-8-6-5-7-9-19;1-2/h5-9,11-14H,2-4,10,15-16H2,1H3;1-2H3. The predicted octanol–water partition coefficient (Wildman–Crippen LogP) is 6.73. The van der Waals surface area contributed by atoms with E-state index >= 15 is 0 Å². The van der Waals surface area contributed by atoms with Crippen molar-refractivity contribution in [3.8, 4) is 0 Å². The molecule has 0 fully saturated rings. The van der Waals surface area contributed by atoms with Crippen molar-refractivity contribution in [1.29, 1.82) is 0 Å². The zero-order valence-electron chi connectivity index (χ0n) is 17.1. The lowest BCUT2D eigenvalue weighted by atomic mass is 10.0. The molecule has 2 aromatic rings. The van der Waals surface area contributed by atoms with Gasteiger partial charge in [0.15, 0.2) is 5.78 Å². The molecule has 0 bridgehead atoms. The van der Waals surface area contributed by atoms with Crippen LogP contribution in [-0.4, -0.2) is 18.4 Å². The second-order valence-corrected chi connectivity index (χ2v) is 7.09. The Morgan fingerprint density at radius 3 is 2.14 bits per heavy atom. The van der Waals surface area contributed by atoms with E-state index in [0.717, 1.165) is 22.6 Å². The van der Waals surface area contributed by atoms with Gasteiger partial charge in [-0.3, -0.25) is 9.59 Å². The lowest BCUT2D eigenvalue weighted by Crippen LogP contribution is -2.08. The van der Waals surface area contributed by atoms with E-state index in [1.807, 2.05) is 63.2 Å². The van der Waals surface area contributed by atoms with Crippen LogP contribution < -0.4 is 0 Å². The zero-order chi connectivity index (χ0) is 20.8. The second kappa shape index (κ2) is 13.8. The quantitative estimate of drug-likeness (QED) is 0.193. The molecule has 150 valence electrons. The molecule has 0 saturated carbocycles. The number of carbonyl (C=O) groups excluding carboxylic acids is 2. The number of rotatable bonds is 10. The summed E-state index contributed by atoms with van der Waals surface area (Å²) in [4.78, 5) is 26.3. The molecule has 0 aliphatic rings. The van der Waals surface area contributed by atoms with Gasteiger partial charge in [0.05, 0.1) is 6.61 Å². The molecule has 0 aliphatic heterocycles. The molecule has 2 aromatic carbocycles. The summed E-state index contributed by atoms with van der Waals surface area (Å²) in [7, 11) is 0. The highest BCUT2D eigenvalue weighted by Crippen LogP contribution is 2.27. The third-order valence-corrected chi connectivity index (χ3v) is 4.82. The smallest absolute Gasteiger partial charge is 0.306 e. The van der Waals surface area contributed by atoms with Crippen molar-refractivity contribution in [2.45, 2.75) is 56.2 Å². The molecule has 0 saturated heterocycles. The highest BCUT2D eigenvalue weighted by Gasteiger charge is 2.13. The number of Topliss-reactive ketones (excluding diaryl/α,β-unsaturated/α-hetero) is 1. The normalized spacial score (nSPS) is 9.82. The van der Waals surface area contributed by atoms with Crippen molar-refractivity contribution in [3.05, 3.63) is 72.3 Å². The van der Waals surface area contributed by atoms with Crippen LogP contribution >= 0.6 is 11.8 Å². The minimum atomic E-state index is -0.276. The highest BCUT2D eigenvalue weighted by molar-refractivity contribution is 7.99. The van der Waals surface area contributed by atoms with Crippen molar-refractivity contribution in [2.24, 2.45) is 0 Å². The largest absolute Gasteiger partial charge is 0.466 e. The third kappa shape index (κ3) is 8.57. The average Bonchev–Trinajstić information content (AvgIpc) is 2.74. The minimum Gasteiger partial charge on any atom is -0.466 e. The fraction of sp³-hybridized carbons (Fsp3) is 0.333. The van der Waals surface area contributed by atoms with E-state index in [4.69, 9.17) is 4.74 Å². The SMILES string of the molecule is C=C(CCC(=O)OCCCC)C(=O)c1ccc(Sc2ccccc2)cc1.CC. The van der Waals surface area contributed by atoms with Gasteiger partial charge in [0, 0.05) is 21.8 Å². The summed E-state index contributed by atoms with van der Waals surface area (Å²) in [5.41, 5.74) is 1.02. The average molecular weight is 399 g/mol. The summed E-state index contributed by atoms with van der Waals surface area (Å²) in [5.74, 6) is -0.398. The van der Waals surface area contributed by atoms with E-state index in [9.17, 15) is 9.59 Å². The molecule has 28 heavy (non-hydrogen) atoms.